The second-order valence-electron chi connectivity index (χ2n) is 14.8. The summed E-state index contributed by atoms with van der Waals surface area (Å²) in [5, 5.41) is 41.6. The lowest BCUT2D eigenvalue weighted by Gasteiger charge is -2.28. The van der Waals surface area contributed by atoms with Gasteiger partial charge in [0.15, 0.2) is 35.4 Å². The van der Waals surface area contributed by atoms with Gasteiger partial charge in [0.05, 0.1) is 31.4 Å². The molecule has 0 aliphatic carbocycles. The van der Waals surface area contributed by atoms with Crippen molar-refractivity contribution in [2.45, 2.75) is 55.5 Å². The molecule has 78 heavy (non-hydrogen) atoms. The van der Waals surface area contributed by atoms with Crippen molar-refractivity contribution in [2.75, 3.05) is 24.7 Å². The van der Waals surface area contributed by atoms with Gasteiger partial charge in [-0.25, -0.2) is 52.7 Å². The number of carbonyl (C=O) groups is 2. The number of primary amides is 2. The van der Waals surface area contributed by atoms with Crippen molar-refractivity contribution in [3.8, 4) is 0 Å². The monoisotopic (exact) mass is 1220 g/mol. The summed E-state index contributed by atoms with van der Waals surface area (Å²) in [5.41, 5.74) is 23.7. The Bertz CT molecular complexity index is 3030. The van der Waals surface area contributed by atoms with E-state index in [1.54, 1.807) is 24.4 Å². The first kappa shape index (κ1) is 66.7. The van der Waals surface area contributed by atoms with Crippen LogP contribution in [-0.2, 0) is 50.5 Å². The molecule has 434 valence electrons. The van der Waals surface area contributed by atoms with Gasteiger partial charge >= 0.3 is 39.1 Å². The number of aromatic amines is 1. The van der Waals surface area contributed by atoms with E-state index in [9.17, 15) is 48.9 Å². The number of nitrogen functional groups attached to an aromatic ring is 2. The molecular weight excluding hydrogens is 1170 g/mol. The van der Waals surface area contributed by atoms with E-state index in [-0.39, 0.29) is 29.0 Å². The molecule has 8 rings (SSSR count). The van der Waals surface area contributed by atoms with Crippen LogP contribution < -0.4 is 22.9 Å². The number of amides is 2. The first-order valence-corrected chi connectivity index (χ1v) is 28.1. The van der Waals surface area contributed by atoms with Crippen molar-refractivity contribution >= 4 is 84.9 Å². The molecule has 0 saturated carbocycles. The number of ether oxygens (including phenoxy) is 2. The number of nitrogens with zero attached hydrogens (tertiary/aromatic N) is 9. The molecule has 2 amide bonds. The molecule has 0 radical (unpaired) electrons. The highest BCUT2D eigenvalue weighted by Gasteiger charge is 2.48. The summed E-state index contributed by atoms with van der Waals surface area (Å²) in [6, 6.07) is 3.29. The normalized spacial score (nSPS) is 23.4. The molecule has 5 aromatic rings. The maximum atomic E-state index is 12.4. The Morgan fingerprint density at radius 3 is 1.65 bits per heavy atom. The molecule has 41 nitrogen and oxygen atoms in total. The van der Waals surface area contributed by atoms with Crippen LogP contribution in [0.4, 0.5) is 11.6 Å². The minimum absolute atomic E-state index is 0.0517. The summed E-state index contributed by atoms with van der Waals surface area (Å²) in [7, 11) is -24.6. The summed E-state index contributed by atoms with van der Waals surface area (Å²) < 4.78 is 77.5. The van der Waals surface area contributed by atoms with Crippen LogP contribution in [0.5, 0.6) is 0 Å². The van der Waals surface area contributed by atoms with Crippen LogP contribution in [0, 0.1) is 0 Å². The third-order valence-corrected chi connectivity index (χ3v) is 11.7. The van der Waals surface area contributed by atoms with Gasteiger partial charge in [-0.3, -0.25) is 28.2 Å². The highest BCUT2D eigenvalue weighted by molar-refractivity contribution is 7.61. The van der Waals surface area contributed by atoms with Gasteiger partial charge in [0.1, 0.15) is 60.3 Å². The number of fused-ring (bicyclic) bond motifs is 2. The van der Waals surface area contributed by atoms with Gasteiger partial charge in [-0.1, -0.05) is 6.08 Å². The third-order valence-electron chi connectivity index (χ3n) is 9.07. The van der Waals surface area contributed by atoms with Gasteiger partial charge in [0.25, 0.3) is 0 Å². The number of aromatic nitrogens is 9. The van der Waals surface area contributed by atoms with Crippen molar-refractivity contribution in [2.24, 2.45) is 11.5 Å². The van der Waals surface area contributed by atoms with Gasteiger partial charge in [-0.05, 0) is 18.6 Å². The Labute approximate surface area is 434 Å². The maximum absolute atomic E-state index is 12.4. The number of nitrogens with two attached hydrogens (primary N) is 4. The topological polar surface area (TPSA) is 687 Å². The highest BCUT2D eigenvalue weighted by atomic mass is 31.3. The molecule has 10 atom stereocenters. The summed E-state index contributed by atoms with van der Waals surface area (Å²) in [5.74, 6) is -0.691. The Hall–Kier alpha value is -5.58. The zero-order valence-electron chi connectivity index (χ0n) is 38.8. The second kappa shape index (κ2) is 28.5. The number of phosphoric ester groups is 2. The summed E-state index contributed by atoms with van der Waals surface area (Å²) in [6.45, 7) is -1.79. The molecule has 3 aliphatic heterocycles. The number of imidazole rings is 2. The van der Waals surface area contributed by atoms with E-state index in [1.807, 2.05) is 0 Å². The first-order chi connectivity index (χ1) is 35.9. The minimum atomic E-state index is -5.37. The van der Waals surface area contributed by atoms with E-state index in [1.165, 1.54) is 47.0 Å². The number of aliphatic hydroxyl groups excluding tert-OH is 4. The van der Waals surface area contributed by atoms with Crippen molar-refractivity contribution in [1.29, 1.82) is 0 Å². The Morgan fingerprint density at radius 2 is 1.18 bits per heavy atom. The van der Waals surface area contributed by atoms with Crippen molar-refractivity contribution in [3.05, 3.63) is 79.4 Å². The predicted octanol–water partition coefficient (Wildman–Crippen LogP) is -5.36. The second-order valence-corrected chi connectivity index (χ2v) is 21.0. The van der Waals surface area contributed by atoms with Gasteiger partial charge in [0, 0.05) is 30.4 Å². The molecule has 0 bridgehead atoms. The predicted molar refractivity (Wildman–Crippen MR) is 253 cm³/mol. The molecule has 2 unspecified atom stereocenters. The smallest absolute Gasteiger partial charge is 0.387 e. The lowest BCUT2D eigenvalue weighted by atomic mass is 10.1. The number of nitrogens with one attached hydrogen (secondary N) is 1. The largest absolute Gasteiger partial charge is 0.481 e. The molecular formula is C32H49N14O27P5. The number of rotatable bonds is 12. The fourth-order valence-electron chi connectivity index (χ4n) is 5.97. The number of hydrogen-bond donors (Lipinski definition) is 20. The van der Waals surface area contributed by atoms with Gasteiger partial charge < -0.3 is 117 Å². The van der Waals surface area contributed by atoms with Crippen molar-refractivity contribution in [1.82, 2.24) is 49.3 Å². The molecule has 24 N–H and O–H groups in total. The molecule has 2 fully saturated rings. The van der Waals surface area contributed by atoms with Crippen LogP contribution in [-0.4, -0.2) is 191 Å². The Morgan fingerprint density at radius 1 is 0.679 bits per heavy atom. The molecule has 46 heteroatoms. The lowest BCUT2D eigenvalue weighted by molar-refractivity contribution is -0.115. The number of H-pyrrole nitrogens is 1. The summed E-state index contributed by atoms with van der Waals surface area (Å²) in [4.78, 5) is 138. The number of carbonyl (C=O) groups excluding carboxylic acids is 2. The average molecular weight is 1220 g/mol. The van der Waals surface area contributed by atoms with Crippen LogP contribution in [0.1, 0.15) is 23.0 Å². The molecule has 0 aromatic carbocycles. The molecule has 2 saturated heterocycles. The van der Waals surface area contributed by atoms with E-state index in [0.717, 1.165) is 6.33 Å². The average Bonchev–Trinajstić information content (AvgIpc) is 4.10. The molecule has 8 heterocycles. The standard InChI is InChI=1S/C21H29N7O14P2.C6H6N2O.C5H5N5.3H3O4P/c22-17-12-19(25-7-24-17)28(8-26-12)21-16(32)14(30)11(41-21)6-39-44(36,37)42-43(34,35)38-5-10-13(29)15(31)20(40-10)27-3-1-2-9(4-27)18(23)33;7-6(9)5-2-1-3-8-4-5;6-4-3-5(9-1-7-3)10-2-8-4;3*1-5(2,3)4/h1,3-4,7-8,10-11,13-16,20-21,29-32H,2,5-6H2,(H2,23,33)(H,34,35)(H,36,37)(H2,22,24,25);1-4H,(H2,7,9);1-2H,(H3,6,7,8,9,10);3*(H3,1,2,3,4)/t10-,11-,13-,14-,15-,16-,20-,21-;;;;;/m1...../s1. The molecule has 5 aromatic heterocycles. The van der Waals surface area contributed by atoms with E-state index in [2.05, 4.69) is 44.2 Å². The number of anilines is 2. The number of aliphatic hydroxyl groups is 4. The maximum Gasteiger partial charge on any atom is 0.481 e. The SMILES string of the molecule is NC(=O)C1=CN([C@@H]2O[C@H](COP(=O)(O)OP(=O)(O)OC[C@H]3O[C@@H](n4cnc5c(N)ncnc54)[C@H](O)[C@@H]3O)[C@@H](O)[C@H]2O)C=CC1.NC(=O)c1cccnc1.Nc1ncnc2[nH]cnc12.O=P(O)(O)O.O=P(O)(O)O.O=P(O)(O)O. The number of allylic oxidation sites excluding steroid dienone is 1. The third kappa shape index (κ3) is 23.0. The van der Waals surface area contributed by atoms with Gasteiger partial charge in [-0.15, -0.1) is 0 Å². The van der Waals surface area contributed by atoms with E-state index in [4.69, 9.17) is 99.2 Å². The quantitative estimate of drug-likeness (QED) is 0.0519. The molecule has 0 spiro atoms. The van der Waals surface area contributed by atoms with Gasteiger partial charge in [0.2, 0.25) is 11.8 Å². The van der Waals surface area contributed by atoms with Crippen LogP contribution >= 0.6 is 39.1 Å². The van der Waals surface area contributed by atoms with E-state index in [0.29, 0.717) is 22.5 Å². The number of hydrogen-bond acceptors (Lipinski definition) is 26. The van der Waals surface area contributed by atoms with Crippen LogP contribution in [0.25, 0.3) is 22.3 Å². The zero-order valence-corrected chi connectivity index (χ0v) is 43.2. The Kier molecular flexibility index (Phi) is 24.4. The van der Waals surface area contributed by atoms with Crippen LogP contribution in [0.3, 0.4) is 0 Å². The van der Waals surface area contributed by atoms with Crippen molar-refractivity contribution in [3.63, 3.8) is 0 Å². The summed E-state index contributed by atoms with van der Waals surface area (Å²) >= 11 is 0. The van der Waals surface area contributed by atoms with Crippen LogP contribution in [0.2, 0.25) is 0 Å². The number of phosphoric acid groups is 5. The molecule has 3 aliphatic rings. The first-order valence-electron chi connectivity index (χ1n) is 20.4. The lowest BCUT2D eigenvalue weighted by Crippen LogP contribution is -2.40. The number of pyridine rings is 1. The Balaban J connectivity index is 0.000000374. The van der Waals surface area contributed by atoms with Gasteiger partial charge in [-0.2, -0.15) is 4.31 Å². The summed E-state index contributed by atoms with van der Waals surface area (Å²) in [6.07, 6.45) is 1.08. The van der Waals surface area contributed by atoms with Crippen molar-refractivity contribution < 1.29 is 129 Å². The fraction of sp³-hybridized carbons (Fsp3) is 0.344. The van der Waals surface area contributed by atoms with E-state index < -0.39 is 113 Å². The zero-order chi connectivity index (χ0) is 59.1. The highest BCUT2D eigenvalue weighted by Crippen LogP contribution is 2.61. The fourth-order valence-corrected chi connectivity index (χ4v) is 8.06. The van der Waals surface area contributed by atoms with E-state index >= 15 is 0 Å². The van der Waals surface area contributed by atoms with Crippen LogP contribution in [0.15, 0.2) is 73.9 Å². The minimum Gasteiger partial charge on any atom is -0.387 e.